The van der Waals surface area contributed by atoms with Crippen molar-refractivity contribution in [2.75, 3.05) is 6.26 Å². The zero-order valence-corrected chi connectivity index (χ0v) is 12.0. The molecule has 1 amide bonds. The summed E-state index contributed by atoms with van der Waals surface area (Å²) < 4.78 is 10.3. The molecule has 1 fully saturated rings. The number of hydrogen-bond donors (Lipinski definition) is 4. The van der Waals surface area contributed by atoms with Crippen LogP contribution in [0.5, 0.6) is 0 Å². The third kappa shape index (κ3) is 3.87. The van der Waals surface area contributed by atoms with E-state index in [1.165, 1.54) is 6.92 Å². The fraction of sp³-hybridized carbons (Fsp3) is 0.900. The highest BCUT2D eigenvalue weighted by atomic mass is 35.5. The Balaban J connectivity index is 2.91. The largest absolute Gasteiger partial charge is 0.442 e. The maximum absolute atomic E-state index is 10.8. The summed E-state index contributed by atoms with van der Waals surface area (Å²) in [6.07, 6.45) is -5.62. The summed E-state index contributed by atoms with van der Waals surface area (Å²) in [6.45, 7) is 1.54. The van der Waals surface area contributed by atoms with Gasteiger partial charge in [-0.1, -0.05) is 0 Å². The van der Waals surface area contributed by atoms with Gasteiger partial charge in [0.15, 0.2) is 0 Å². The highest BCUT2D eigenvalue weighted by Gasteiger charge is 2.48. The van der Waals surface area contributed by atoms with E-state index >= 15 is 0 Å². The molecule has 0 aliphatic carbocycles. The van der Waals surface area contributed by atoms with Gasteiger partial charge in [0.2, 0.25) is 0 Å². The molecule has 1 aliphatic heterocycles. The first-order valence-corrected chi connectivity index (χ1v) is 7.34. The second-order valence-corrected chi connectivity index (χ2v) is 5.88. The molecule has 0 bridgehead atoms. The van der Waals surface area contributed by atoms with Gasteiger partial charge in [-0.05, 0) is 13.2 Å². The Morgan fingerprint density at radius 3 is 2.37 bits per heavy atom. The first kappa shape index (κ1) is 16.8. The number of nitrogens with two attached hydrogens (primary N) is 1. The zero-order valence-electron chi connectivity index (χ0n) is 10.5. The number of rotatable bonds is 4. The fourth-order valence-corrected chi connectivity index (χ4v) is 2.77. The van der Waals surface area contributed by atoms with Crippen LogP contribution >= 0.6 is 23.4 Å². The second kappa shape index (κ2) is 6.96. The van der Waals surface area contributed by atoms with Crippen molar-refractivity contribution >= 4 is 29.5 Å². The third-order valence-corrected chi connectivity index (χ3v) is 3.97. The van der Waals surface area contributed by atoms with Crippen molar-refractivity contribution in [2.45, 2.75) is 48.3 Å². The summed E-state index contributed by atoms with van der Waals surface area (Å²) in [5.41, 5.74) is 4.17. The first-order chi connectivity index (χ1) is 8.79. The minimum atomic E-state index is -1.44. The van der Waals surface area contributed by atoms with Gasteiger partial charge >= 0.3 is 6.09 Å². The molecule has 0 saturated carbocycles. The van der Waals surface area contributed by atoms with Crippen LogP contribution in [0.15, 0.2) is 0 Å². The molecule has 9 heteroatoms. The lowest BCUT2D eigenvalue weighted by molar-refractivity contribution is -0.219. The molecule has 5 N–H and O–H groups in total. The predicted molar refractivity (Wildman–Crippen MR) is 70.0 cm³/mol. The Labute approximate surface area is 120 Å². The van der Waals surface area contributed by atoms with Crippen molar-refractivity contribution in [3.63, 3.8) is 0 Å². The number of amides is 1. The first-order valence-electron chi connectivity index (χ1n) is 5.62. The minimum Gasteiger partial charge on any atom is -0.442 e. The number of aliphatic hydroxyl groups excluding tert-OH is 3. The van der Waals surface area contributed by atoms with E-state index in [0.717, 1.165) is 11.8 Å². The molecule has 1 saturated heterocycles. The van der Waals surface area contributed by atoms with E-state index in [1.54, 1.807) is 6.26 Å². The van der Waals surface area contributed by atoms with Crippen LogP contribution in [0.25, 0.3) is 0 Å². The SMILES string of the molecule is CSC1OC(C(OC(N)=O)C(C)Cl)C(O)C(O)C1O. The summed E-state index contributed by atoms with van der Waals surface area (Å²) in [6, 6.07) is 0. The maximum atomic E-state index is 10.8. The molecular formula is C10H18ClNO6S. The van der Waals surface area contributed by atoms with Gasteiger partial charge in [-0.3, -0.25) is 0 Å². The van der Waals surface area contributed by atoms with Crippen LogP contribution < -0.4 is 5.73 Å². The summed E-state index contributed by atoms with van der Waals surface area (Å²) in [5, 5.41) is 28.7. The normalized spacial score (nSPS) is 38.5. The van der Waals surface area contributed by atoms with Gasteiger partial charge in [0.1, 0.15) is 36.0 Å². The van der Waals surface area contributed by atoms with E-state index in [-0.39, 0.29) is 0 Å². The summed E-state index contributed by atoms with van der Waals surface area (Å²) in [5.74, 6) is 0. The average Bonchev–Trinajstić information content (AvgIpc) is 2.34. The lowest BCUT2D eigenvalue weighted by Crippen LogP contribution is -2.61. The Morgan fingerprint density at radius 2 is 1.95 bits per heavy atom. The molecular weight excluding hydrogens is 298 g/mol. The molecule has 0 aromatic rings. The average molecular weight is 316 g/mol. The fourth-order valence-electron chi connectivity index (χ4n) is 1.90. The summed E-state index contributed by atoms with van der Waals surface area (Å²) in [7, 11) is 0. The van der Waals surface area contributed by atoms with E-state index < -0.39 is 47.4 Å². The van der Waals surface area contributed by atoms with E-state index in [9.17, 15) is 20.1 Å². The Kier molecular flexibility index (Phi) is 6.15. The predicted octanol–water partition coefficient (Wildman–Crippen LogP) is -0.752. The summed E-state index contributed by atoms with van der Waals surface area (Å²) in [4.78, 5) is 10.8. The van der Waals surface area contributed by atoms with Crippen molar-refractivity contribution in [1.29, 1.82) is 0 Å². The molecule has 1 rings (SSSR count). The number of halogens is 1. The molecule has 19 heavy (non-hydrogen) atoms. The Hall–Kier alpha value is -0.250. The van der Waals surface area contributed by atoms with Gasteiger partial charge in [0.25, 0.3) is 0 Å². The van der Waals surface area contributed by atoms with E-state index in [4.69, 9.17) is 26.8 Å². The van der Waals surface area contributed by atoms with Crippen LogP contribution in [0.4, 0.5) is 4.79 Å². The van der Waals surface area contributed by atoms with Crippen LogP contribution in [-0.4, -0.2) is 69.0 Å². The number of thioether (sulfide) groups is 1. The van der Waals surface area contributed by atoms with E-state index in [2.05, 4.69) is 0 Å². The quantitative estimate of drug-likeness (QED) is 0.503. The van der Waals surface area contributed by atoms with Gasteiger partial charge in [-0.2, -0.15) is 0 Å². The number of ether oxygens (including phenoxy) is 2. The molecule has 0 aromatic carbocycles. The highest BCUT2D eigenvalue weighted by molar-refractivity contribution is 7.99. The summed E-state index contributed by atoms with van der Waals surface area (Å²) >= 11 is 7.04. The van der Waals surface area contributed by atoms with Crippen LogP contribution in [0.1, 0.15) is 6.92 Å². The molecule has 7 nitrogen and oxygen atoms in total. The number of carbonyl (C=O) groups excluding carboxylic acids is 1. The zero-order chi connectivity index (χ0) is 14.7. The molecule has 0 aromatic heterocycles. The maximum Gasteiger partial charge on any atom is 0.404 e. The van der Waals surface area contributed by atoms with Gasteiger partial charge in [0, 0.05) is 0 Å². The van der Waals surface area contributed by atoms with Crippen molar-refractivity contribution < 1.29 is 29.6 Å². The monoisotopic (exact) mass is 315 g/mol. The van der Waals surface area contributed by atoms with Gasteiger partial charge in [-0.15, -0.1) is 23.4 Å². The standard InChI is InChI=1S/C10H18ClNO6S/c1-3(11)7(18-10(12)16)8-5(14)4(13)6(15)9(17-8)19-2/h3-9,13-15H,1-2H3,(H2,12,16). The highest BCUT2D eigenvalue weighted by Crippen LogP contribution is 2.31. The van der Waals surface area contributed by atoms with Gasteiger partial charge in [0.05, 0.1) is 5.38 Å². The number of aliphatic hydroxyl groups is 3. The lowest BCUT2D eigenvalue weighted by atomic mass is 9.95. The van der Waals surface area contributed by atoms with Crippen molar-refractivity contribution in [3.05, 3.63) is 0 Å². The molecule has 0 radical (unpaired) electrons. The molecule has 7 atom stereocenters. The van der Waals surface area contributed by atoms with E-state index in [1.807, 2.05) is 0 Å². The second-order valence-electron chi connectivity index (χ2n) is 4.26. The Bertz CT molecular complexity index is 318. The molecule has 7 unspecified atom stereocenters. The van der Waals surface area contributed by atoms with Crippen LogP contribution in [0, 0.1) is 0 Å². The smallest absolute Gasteiger partial charge is 0.404 e. The number of carbonyl (C=O) groups is 1. The van der Waals surface area contributed by atoms with Crippen LogP contribution in [-0.2, 0) is 9.47 Å². The third-order valence-electron chi connectivity index (χ3n) is 2.87. The van der Waals surface area contributed by atoms with Crippen LogP contribution in [0.3, 0.4) is 0 Å². The topological polar surface area (TPSA) is 122 Å². The van der Waals surface area contributed by atoms with Gasteiger partial charge < -0.3 is 30.5 Å². The van der Waals surface area contributed by atoms with Crippen molar-refractivity contribution in [1.82, 2.24) is 0 Å². The molecule has 112 valence electrons. The lowest BCUT2D eigenvalue weighted by Gasteiger charge is -2.42. The van der Waals surface area contributed by atoms with Crippen LogP contribution in [0.2, 0.25) is 0 Å². The minimum absolute atomic E-state index is 0.697. The van der Waals surface area contributed by atoms with Crippen molar-refractivity contribution in [3.8, 4) is 0 Å². The molecule has 1 heterocycles. The van der Waals surface area contributed by atoms with Crippen molar-refractivity contribution in [2.24, 2.45) is 5.73 Å². The van der Waals surface area contributed by atoms with E-state index in [0.29, 0.717) is 0 Å². The molecule has 1 aliphatic rings. The Morgan fingerprint density at radius 1 is 1.37 bits per heavy atom. The van der Waals surface area contributed by atoms with Gasteiger partial charge in [-0.25, -0.2) is 4.79 Å². The number of hydrogen-bond acceptors (Lipinski definition) is 7. The molecule has 0 spiro atoms. The number of alkyl halides is 1. The number of primary amides is 1.